The number of ether oxygens (including phenoxy) is 2. The number of carbonyl (C=O) groups excluding carboxylic acids is 2. The Morgan fingerprint density at radius 3 is 2.64 bits per heavy atom. The average molecular weight is 575 g/mol. The number of hydrogen-bond acceptors (Lipinski definition) is 7. The zero-order chi connectivity index (χ0) is 29.9. The molecule has 2 aromatic heterocycles. The first-order valence-corrected chi connectivity index (χ1v) is 14.0. The van der Waals surface area contributed by atoms with Crippen molar-refractivity contribution >= 4 is 22.9 Å². The third kappa shape index (κ3) is 6.36. The van der Waals surface area contributed by atoms with Crippen molar-refractivity contribution in [3.63, 3.8) is 0 Å². The van der Waals surface area contributed by atoms with Crippen LogP contribution in [0.15, 0.2) is 46.9 Å². The first-order chi connectivity index (χ1) is 20.2. The second-order valence-corrected chi connectivity index (χ2v) is 11.6. The monoisotopic (exact) mass is 574 g/mol. The highest BCUT2D eigenvalue weighted by Crippen LogP contribution is 2.36. The average Bonchev–Trinajstić information content (AvgIpc) is 3.53. The van der Waals surface area contributed by atoms with Gasteiger partial charge in [0.2, 0.25) is 0 Å². The molecule has 14 nitrogen and oxygen atoms in total. The van der Waals surface area contributed by atoms with Gasteiger partial charge in [-0.2, -0.15) is 9.78 Å². The van der Waals surface area contributed by atoms with Crippen LogP contribution >= 0.6 is 0 Å². The Morgan fingerprint density at radius 2 is 1.93 bits per heavy atom. The Labute approximate surface area is 242 Å². The van der Waals surface area contributed by atoms with Gasteiger partial charge in [0.05, 0.1) is 18.3 Å². The van der Waals surface area contributed by atoms with E-state index in [2.05, 4.69) is 25.2 Å². The fourth-order valence-electron chi connectivity index (χ4n) is 5.55. The molecule has 0 spiro atoms. The first kappa shape index (κ1) is 29.0. The van der Waals surface area contributed by atoms with E-state index in [0.717, 1.165) is 41.4 Å². The molecule has 3 aromatic rings. The van der Waals surface area contributed by atoms with Gasteiger partial charge in [0.15, 0.2) is 0 Å². The van der Waals surface area contributed by atoms with E-state index in [-0.39, 0.29) is 43.9 Å². The predicted octanol–water partition coefficient (Wildman–Crippen LogP) is 5.92. The number of hydrogen-bond donors (Lipinski definition) is 0. The maximum Gasteiger partial charge on any atom is 0.435 e. The lowest BCUT2D eigenvalue weighted by atomic mass is 9.91. The molecular weight excluding hydrogens is 540 g/mol. The minimum absolute atomic E-state index is 0.0158. The van der Waals surface area contributed by atoms with Gasteiger partial charge >= 0.3 is 6.09 Å². The fourth-order valence-corrected chi connectivity index (χ4v) is 5.55. The van der Waals surface area contributed by atoms with Crippen molar-refractivity contribution in [1.29, 1.82) is 0 Å². The lowest BCUT2D eigenvalue weighted by Gasteiger charge is -2.34. The summed E-state index contributed by atoms with van der Waals surface area (Å²) in [4.78, 5) is 34.4. The van der Waals surface area contributed by atoms with Gasteiger partial charge in [0.25, 0.3) is 5.91 Å². The molecule has 2 heterocycles. The van der Waals surface area contributed by atoms with Crippen molar-refractivity contribution in [2.45, 2.75) is 76.6 Å². The number of rotatable bonds is 10. The predicted molar refractivity (Wildman–Crippen MR) is 154 cm³/mol. The van der Waals surface area contributed by atoms with Gasteiger partial charge in [-0.05, 0) is 87.7 Å². The summed E-state index contributed by atoms with van der Waals surface area (Å²) in [6.45, 7) is 5.61. The summed E-state index contributed by atoms with van der Waals surface area (Å²) in [5, 5.41) is 12.4. The van der Waals surface area contributed by atoms with E-state index >= 15 is 0 Å². The molecule has 14 heteroatoms. The second-order valence-electron chi connectivity index (χ2n) is 11.6. The third-order valence-electron chi connectivity index (χ3n) is 7.46. The molecule has 1 fully saturated rings. The molecule has 220 valence electrons. The van der Waals surface area contributed by atoms with Gasteiger partial charge in [0, 0.05) is 57.3 Å². The third-order valence-corrected chi connectivity index (χ3v) is 7.46. The minimum atomic E-state index is -0.622. The first-order valence-electron chi connectivity index (χ1n) is 14.0. The maximum absolute atomic E-state index is 14.2. The van der Waals surface area contributed by atoms with E-state index < -0.39 is 11.7 Å². The van der Waals surface area contributed by atoms with E-state index in [1.165, 1.54) is 4.68 Å². The summed E-state index contributed by atoms with van der Waals surface area (Å²) in [5.41, 5.74) is 20.0. The number of aryl methyl sites for hydroxylation is 1. The van der Waals surface area contributed by atoms with E-state index in [4.69, 9.17) is 20.5 Å². The highest BCUT2D eigenvalue weighted by atomic mass is 16.6. The molecule has 2 unspecified atom stereocenters. The van der Waals surface area contributed by atoms with Gasteiger partial charge in [-0.25, -0.2) is 4.79 Å². The number of nitrogens with zero attached hydrogens (tertiary/aromatic N) is 10. The molecule has 5 rings (SSSR count). The number of benzene rings is 1. The van der Waals surface area contributed by atoms with Crippen LogP contribution in [0.25, 0.3) is 31.8 Å². The van der Waals surface area contributed by atoms with Crippen LogP contribution in [0.1, 0.15) is 67.7 Å². The molecule has 0 bridgehead atoms. The van der Waals surface area contributed by atoms with E-state index in [0.29, 0.717) is 18.4 Å². The zero-order valence-electron chi connectivity index (χ0n) is 24.0. The van der Waals surface area contributed by atoms with E-state index in [1.807, 2.05) is 60.7 Å². The number of amides is 1. The Bertz CT molecular complexity index is 1570. The lowest BCUT2D eigenvalue weighted by Crippen LogP contribution is -2.44. The molecular formula is C28H34N10O4. The highest BCUT2D eigenvalue weighted by Gasteiger charge is 2.40. The molecule has 1 amide bonds. The molecule has 0 saturated heterocycles. The summed E-state index contributed by atoms with van der Waals surface area (Å²) < 4.78 is 14.2. The van der Waals surface area contributed by atoms with Gasteiger partial charge in [-0.3, -0.25) is 4.79 Å². The van der Waals surface area contributed by atoms with Gasteiger partial charge in [-0.1, -0.05) is 16.3 Å². The molecule has 1 saturated carbocycles. The standard InChI is InChI=1S/C28H34N10O4/c1-28(2,3)42-27(40)37-15-18-13-20(9-10-24(18)33-37)38(19-7-8-19)26(39)23-5-4-6-25-22(23)11-12-36(25)21(14-31-34-29)16-41-17-32-35-30/h4-6,11-12,15,19-21H,7-10,13-14,16-17H2,1-3H3. The number of azide groups is 2. The van der Waals surface area contributed by atoms with E-state index in [9.17, 15) is 9.59 Å². The molecule has 2 atom stereocenters. The molecule has 1 aromatic carbocycles. The molecule has 42 heavy (non-hydrogen) atoms. The van der Waals surface area contributed by atoms with Crippen molar-refractivity contribution in [3.05, 3.63) is 74.4 Å². The maximum atomic E-state index is 14.2. The van der Waals surface area contributed by atoms with Crippen molar-refractivity contribution in [2.75, 3.05) is 19.9 Å². The van der Waals surface area contributed by atoms with E-state index in [1.54, 1.807) is 6.20 Å². The van der Waals surface area contributed by atoms with Gasteiger partial charge in [0.1, 0.15) is 12.3 Å². The van der Waals surface area contributed by atoms with Crippen LogP contribution in [0.5, 0.6) is 0 Å². The summed E-state index contributed by atoms with van der Waals surface area (Å²) in [6.07, 6.45) is 7.04. The largest absolute Gasteiger partial charge is 0.442 e. The zero-order valence-corrected chi connectivity index (χ0v) is 24.0. The fraction of sp³-hybridized carbons (Fsp3) is 0.536. The van der Waals surface area contributed by atoms with Crippen molar-refractivity contribution < 1.29 is 19.1 Å². The molecule has 0 radical (unpaired) electrons. The van der Waals surface area contributed by atoms with Crippen LogP contribution < -0.4 is 0 Å². The van der Waals surface area contributed by atoms with Crippen LogP contribution in [0.3, 0.4) is 0 Å². The second kappa shape index (κ2) is 12.2. The Morgan fingerprint density at radius 1 is 1.14 bits per heavy atom. The Balaban J connectivity index is 1.39. The number of fused-ring (bicyclic) bond motifs is 2. The van der Waals surface area contributed by atoms with Crippen LogP contribution in [-0.2, 0) is 22.3 Å². The molecule has 2 aliphatic carbocycles. The van der Waals surface area contributed by atoms with Crippen LogP contribution in [0.4, 0.5) is 4.79 Å². The number of carbonyl (C=O) groups is 2. The van der Waals surface area contributed by atoms with Crippen LogP contribution in [0, 0.1) is 0 Å². The van der Waals surface area contributed by atoms with Crippen molar-refractivity contribution in [3.8, 4) is 0 Å². The summed E-state index contributed by atoms with van der Waals surface area (Å²) in [6, 6.07) is 7.32. The quantitative estimate of drug-likeness (QED) is 0.126. The Hall–Kier alpha value is -4.51. The normalized spacial score (nSPS) is 17.1. The lowest BCUT2D eigenvalue weighted by molar-refractivity contribution is 0.0513. The van der Waals surface area contributed by atoms with Crippen LogP contribution in [-0.4, -0.2) is 68.8 Å². The molecule has 2 aliphatic rings. The summed E-state index contributed by atoms with van der Waals surface area (Å²) in [7, 11) is 0. The smallest absolute Gasteiger partial charge is 0.435 e. The molecule has 0 aliphatic heterocycles. The number of aromatic nitrogens is 3. The van der Waals surface area contributed by atoms with Gasteiger partial charge < -0.3 is 18.9 Å². The summed E-state index contributed by atoms with van der Waals surface area (Å²) in [5.74, 6) is -0.0277. The van der Waals surface area contributed by atoms with Crippen molar-refractivity contribution in [1.82, 2.24) is 19.2 Å². The Kier molecular flexibility index (Phi) is 8.39. The van der Waals surface area contributed by atoms with Gasteiger partial charge in [-0.15, -0.1) is 0 Å². The summed E-state index contributed by atoms with van der Waals surface area (Å²) >= 11 is 0. The minimum Gasteiger partial charge on any atom is -0.442 e. The van der Waals surface area contributed by atoms with Crippen LogP contribution in [0.2, 0.25) is 0 Å². The van der Waals surface area contributed by atoms with Crippen molar-refractivity contribution in [2.24, 2.45) is 10.2 Å². The molecule has 0 N–H and O–H groups in total. The highest BCUT2D eigenvalue weighted by molar-refractivity contribution is 6.07. The SMILES string of the molecule is CC(C)(C)OC(=O)n1cc2c(n1)CCC(N(C(=O)c1cccc3c1ccn3C(CN=[N+]=[N-])COCN=[N+]=[N-])C1CC1)C2. The topological polar surface area (TPSA) is 176 Å².